The van der Waals surface area contributed by atoms with Crippen molar-refractivity contribution < 1.29 is 9.53 Å². The summed E-state index contributed by atoms with van der Waals surface area (Å²) < 4.78 is 6.95. The number of nitrogen functional groups attached to an aromatic ring is 1. The highest BCUT2D eigenvalue weighted by Crippen LogP contribution is 2.28. The first-order valence-electron chi connectivity index (χ1n) is 11.3. The van der Waals surface area contributed by atoms with Crippen LogP contribution in [0.3, 0.4) is 0 Å². The van der Waals surface area contributed by atoms with Gasteiger partial charge >= 0.3 is 0 Å². The summed E-state index contributed by atoms with van der Waals surface area (Å²) in [6.45, 7) is 2.90. The highest BCUT2D eigenvalue weighted by molar-refractivity contribution is 6.10. The highest BCUT2D eigenvalue weighted by Gasteiger charge is 2.24. The molecule has 5 rings (SSSR count). The van der Waals surface area contributed by atoms with Gasteiger partial charge in [-0.3, -0.25) is 4.79 Å². The zero-order chi connectivity index (χ0) is 24.2. The Bertz CT molecular complexity index is 1520. The summed E-state index contributed by atoms with van der Waals surface area (Å²) in [4.78, 5) is 22.7. The lowest BCUT2D eigenvalue weighted by Gasteiger charge is -2.05. The van der Waals surface area contributed by atoms with Crippen molar-refractivity contribution in [2.45, 2.75) is 13.5 Å². The molecule has 3 N–H and O–H groups in total. The number of hydrogen-bond donors (Lipinski definition) is 2. The Kier molecular flexibility index (Phi) is 6.09. The van der Waals surface area contributed by atoms with E-state index >= 15 is 0 Å². The second-order valence-corrected chi connectivity index (χ2v) is 7.87. The van der Waals surface area contributed by atoms with Crippen molar-refractivity contribution in [2.24, 2.45) is 5.10 Å². The molecule has 0 unspecified atom stereocenters. The summed E-state index contributed by atoms with van der Waals surface area (Å²) in [6, 6.07) is 24.7. The topological polar surface area (TPSA) is 107 Å². The van der Waals surface area contributed by atoms with Gasteiger partial charge in [-0.15, -0.1) is 0 Å². The molecule has 0 aliphatic rings. The summed E-state index contributed by atoms with van der Waals surface area (Å²) in [7, 11) is 0. The minimum Gasteiger partial charge on any atom is -0.494 e. The van der Waals surface area contributed by atoms with Crippen LogP contribution < -0.4 is 15.8 Å². The maximum atomic E-state index is 13.2. The fraction of sp³-hybridized carbons (Fsp3) is 0.111. The molecule has 8 heteroatoms. The Balaban J connectivity index is 1.55. The van der Waals surface area contributed by atoms with E-state index in [9.17, 15) is 4.79 Å². The van der Waals surface area contributed by atoms with Crippen molar-refractivity contribution in [1.29, 1.82) is 0 Å². The quantitative estimate of drug-likeness (QED) is 0.348. The molecule has 0 saturated carbocycles. The highest BCUT2D eigenvalue weighted by atomic mass is 16.5. The number of nitrogens with two attached hydrogens (primary N) is 1. The van der Waals surface area contributed by atoms with E-state index in [-0.39, 0.29) is 17.3 Å². The molecule has 1 amide bonds. The third kappa shape index (κ3) is 4.54. The van der Waals surface area contributed by atoms with Crippen LogP contribution in [-0.4, -0.2) is 33.4 Å². The Morgan fingerprint density at radius 2 is 1.69 bits per heavy atom. The van der Waals surface area contributed by atoms with Gasteiger partial charge in [0.05, 0.1) is 23.9 Å². The molecule has 174 valence electrons. The Morgan fingerprint density at radius 1 is 1.00 bits per heavy atom. The van der Waals surface area contributed by atoms with Gasteiger partial charge in [0, 0.05) is 6.54 Å². The molecule has 0 saturated heterocycles. The van der Waals surface area contributed by atoms with Crippen LogP contribution in [0.25, 0.3) is 22.2 Å². The fourth-order valence-electron chi connectivity index (χ4n) is 3.80. The summed E-state index contributed by atoms with van der Waals surface area (Å²) in [5.41, 5.74) is 10.7. The second kappa shape index (κ2) is 9.64. The first-order chi connectivity index (χ1) is 17.1. The van der Waals surface area contributed by atoms with Gasteiger partial charge in [-0.25, -0.2) is 9.97 Å². The number of fused-ring (bicyclic) bond motifs is 2. The average molecular weight is 465 g/mol. The standard InChI is InChI=1S/C27H24N6O2/c1-2-35-20-14-12-19(13-15-20)17-30-33-25(28)23(27(34)29-16-18-8-4-3-5-9-18)24-26(33)32-22-11-7-6-10-21(22)31-24/h3-15,17H,2,16,28H2,1H3,(H,29,34)/b30-17-. The van der Waals surface area contributed by atoms with Crippen LogP contribution in [0, 0.1) is 0 Å². The Hall–Kier alpha value is -4.72. The van der Waals surface area contributed by atoms with Crippen LogP contribution in [0.5, 0.6) is 5.75 Å². The van der Waals surface area contributed by atoms with Gasteiger partial charge in [0.2, 0.25) is 0 Å². The van der Waals surface area contributed by atoms with Crippen LogP contribution in [-0.2, 0) is 6.54 Å². The van der Waals surface area contributed by atoms with Crippen molar-refractivity contribution in [1.82, 2.24) is 20.0 Å². The molecule has 0 aliphatic heterocycles. The van der Waals surface area contributed by atoms with E-state index < -0.39 is 0 Å². The number of rotatable bonds is 7. The molecule has 0 aliphatic carbocycles. The van der Waals surface area contributed by atoms with E-state index in [1.54, 1.807) is 6.21 Å². The van der Waals surface area contributed by atoms with E-state index in [4.69, 9.17) is 20.4 Å². The van der Waals surface area contributed by atoms with Crippen LogP contribution in [0.1, 0.15) is 28.4 Å². The third-order valence-corrected chi connectivity index (χ3v) is 5.51. The van der Waals surface area contributed by atoms with E-state index in [1.807, 2.05) is 85.8 Å². The van der Waals surface area contributed by atoms with E-state index in [2.05, 4.69) is 10.4 Å². The van der Waals surface area contributed by atoms with Crippen molar-refractivity contribution in [3.63, 3.8) is 0 Å². The lowest BCUT2D eigenvalue weighted by atomic mass is 10.2. The minimum absolute atomic E-state index is 0.169. The van der Waals surface area contributed by atoms with E-state index in [0.29, 0.717) is 35.3 Å². The van der Waals surface area contributed by atoms with Crippen molar-refractivity contribution in [3.8, 4) is 5.75 Å². The van der Waals surface area contributed by atoms with Gasteiger partial charge in [0.25, 0.3) is 5.91 Å². The number of anilines is 1. The molecule has 2 aromatic heterocycles. The van der Waals surface area contributed by atoms with Crippen LogP contribution in [0.2, 0.25) is 0 Å². The third-order valence-electron chi connectivity index (χ3n) is 5.51. The largest absolute Gasteiger partial charge is 0.494 e. The maximum absolute atomic E-state index is 13.2. The van der Waals surface area contributed by atoms with Gasteiger partial charge in [0.1, 0.15) is 22.6 Å². The first kappa shape index (κ1) is 22.1. The fourth-order valence-corrected chi connectivity index (χ4v) is 3.80. The SMILES string of the molecule is CCOc1ccc(/C=N\n2c(N)c(C(=O)NCc3ccccc3)c3nc4ccccc4nc32)cc1. The summed E-state index contributed by atoms with van der Waals surface area (Å²) >= 11 is 0. The lowest BCUT2D eigenvalue weighted by Crippen LogP contribution is -2.23. The summed E-state index contributed by atoms with van der Waals surface area (Å²) in [5, 5.41) is 7.49. The molecule has 0 atom stereocenters. The number of para-hydroxylation sites is 2. The van der Waals surface area contributed by atoms with E-state index in [0.717, 1.165) is 16.9 Å². The number of ether oxygens (including phenoxy) is 1. The van der Waals surface area contributed by atoms with Crippen molar-refractivity contribution >= 4 is 40.1 Å². The zero-order valence-electron chi connectivity index (χ0n) is 19.2. The number of carbonyl (C=O) groups is 1. The average Bonchev–Trinajstić information content (AvgIpc) is 3.16. The van der Waals surface area contributed by atoms with Gasteiger partial charge < -0.3 is 15.8 Å². The predicted octanol–water partition coefficient (Wildman–Crippen LogP) is 4.38. The second-order valence-electron chi connectivity index (χ2n) is 7.87. The Labute approximate surface area is 202 Å². The predicted molar refractivity (Wildman–Crippen MR) is 138 cm³/mol. The van der Waals surface area contributed by atoms with E-state index in [1.165, 1.54) is 4.68 Å². The number of hydrogen-bond acceptors (Lipinski definition) is 6. The van der Waals surface area contributed by atoms with Gasteiger partial charge in [0.15, 0.2) is 5.65 Å². The molecule has 0 spiro atoms. The van der Waals surface area contributed by atoms with Gasteiger partial charge in [-0.2, -0.15) is 9.78 Å². The molecule has 0 fully saturated rings. The van der Waals surface area contributed by atoms with Crippen LogP contribution in [0.4, 0.5) is 5.82 Å². The molecule has 0 radical (unpaired) electrons. The monoisotopic (exact) mass is 464 g/mol. The molecule has 8 nitrogen and oxygen atoms in total. The number of amides is 1. The minimum atomic E-state index is -0.337. The van der Waals surface area contributed by atoms with Gasteiger partial charge in [-0.05, 0) is 54.4 Å². The van der Waals surface area contributed by atoms with Crippen LogP contribution in [0.15, 0.2) is 84.0 Å². The number of carbonyl (C=O) groups excluding carboxylic acids is 1. The number of aromatic nitrogens is 3. The Morgan fingerprint density at radius 3 is 2.40 bits per heavy atom. The summed E-state index contributed by atoms with van der Waals surface area (Å²) in [6.07, 6.45) is 1.66. The number of nitrogens with zero attached hydrogens (tertiary/aromatic N) is 4. The molecule has 3 aromatic carbocycles. The molecular weight excluding hydrogens is 440 g/mol. The molecular formula is C27H24N6O2. The number of nitrogens with one attached hydrogen (secondary N) is 1. The first-order valence-corrected chi connectivity index (χ1v) is 11.3. The normalized spacial score (nSPS) is 11.3. The molecule has 5 aromatic rings. The number of benzene rings is 3. The van der Waals surface area contributed by atoms with Gasteiger partial charge in [-0.1, -0.05) is 42.5 Å². The van der Waals surface area contributed by atoms with Crippen LogP contribution >= 0.6 is 0 Å². The smallest absolute Gasteiger partial charge is 0.257 e. The summed E-state index contributed by atoms with van der Waals surface area (Å²) in [5.74, 6) is 0.615. The zero-order valence-corrected chi connectivity index (χ0v) is 19.2. The maximum Gasteiger partial charge on any atom is 0.257 e. The molecule has 2 heterocycles. The molecule has 35 heavy (non-hydrogen) atoms. The lowest BCUT2D eigenvalue weighted by molar-refractivity contribution is 0.0953. The van der Waals surface area contributed by atoms with Crippen molar-refractivity contribution in [3.05, 3.63) is 95.6 Å². The van der Waals surface area contributed by atoms with Crippen molar-refractivity contribution in [2.75, 3.05) is 12.3 Å². The molecule has 0 bridgehead atoms.